The average Bonchev–Trinajstić information content (AvgIpc) is 2.50. The summed E-state index contributed by atoms with van der Waals surface area (Å²) in [4.78, 5) is 26.3. The molecule has 1 aliphatic heterocycles. The summed E-state index contributed by atoms with van der Waals surface area (Å²) in [6.45, 7) is 4.26. The Morgan fingerprint density at radius 3 is 2.71 bits per heavy atom. The lowest BCUT2D eigenvalue weighted by Gasteiger charge is -2.39. The first-order valence-corrected chi connectivity index (χ1v) is 8.52. The smallest absolute Gasteiger partial charge is 0.247 e. The number of rotatable bonds is 6. The second-order valence-corrected chi connectivity index (χ2v) is 6.56. The summed E-state index contributed by atoms with van der Waals surface area (Å²) in [5.74, 6) is 1.99. The van der Waals surface area contributed by atoms with E-state index < -0.39 is 6.04 Å². The molecule has 0 aromatic heterocycles. The molecule has 1 saturated heterocycles. The third-order valence-electron chi connectivity index (χ3n) is 3.70. The van der Waals surface area contributed by atoms with Gasteiger partial charge in [-0.05, 0) is 30.4 Å². The zero-order chi connectivity index (χ0) is 15.2. The number of nitrogens with zero attached hydrogens (tertiary/aromatic N) is 1. The number of amides is 2. The van der Waals surface area contributed by atoms with Crippen molar-refractivity contribution >= 4 is 23.6 Å². The predicted octanol–water partition coefficient (Wildman–Crippen LogP) is 2.22. The third kappa shape index (κ3) is 3.79. The molecule has 1 aromatic rings. The number of nitrogens with one attached hydrogen (secondary N) is 1. The molecule has 21 heavy (non-hydrogen) atoms. The van der Waals surface area contributed by atoms with Crippen LogP contribution >= 0.6 is 11.8 Å². The lowest BCUT2D eigenvalue weighted by atomic mass is 9.99. The van der Waals surface area contributed by atoms with Crippen LogP contribution in [0, 0.1) is 0 Å². The van der Waals surface area contributed by atoms with E-state index >= 15 is 0 Å². The van der Waals surface area contributed by atoms with Gasteiger partial charge >= 0.3 is 0 Å². The minimum absolute atomic E-state index is 0.00236. The molecule has 1 aliphatic rings. The first-order valence-electron chi connectivity index (χ1n) is 7.36. The predicted molar refractivity (Wildman–Crippen MR) is 86.1 cm³/mol. The number of thioether (sulfide) groups is 1. The van der Waals surface area contributed by atoms with E-state index in [1.54, 1.807) is 4.90 Å². The van der Waals surface area contributed by atoms with E-state index in [1.165, 1.54) is 0 Å². The SMILES string of the molecule is CCSCCC(C)N1C(=O)CNC(=O)C1c1ccccc1. The molecule has 0 spiro atoms. The van der Waals surface area contributed by atoms with Crippen LogP contribution in [0.15, 0.2) is 30.3 Å². The highest BCUT2D eigenvalue weighted by atomic mass is 32.2. The van der Waals surface area contributed by atoms with Crippen LogP contribution in [0.5, 0.6) is 0 Å². The van der Waals surface area contributed by atoms with Gasteiger partial charge in [-0.3, -0.25) is 9.59 Å². The fourth-order valence-electron chi connectivity index (χ4n) is 2.61. The zero-order valence-corrected chi connectivity index (χ0v) is 13.4. The first-order chi connectivity index (χ1) is 10.1. The van der Waals surface area contributed by atoms with Gasteiger partial charge in [0.25, 0.3) is 0 Å². The second kappa shape index (κ2) is 7.50. The summed E-state index contributed by atoms with van der Waals surface area (Å²) < 4.78 is 0. The highest BCUT2D eigenvalue weighted by Gasteiger charge is 2.37. The van der Waals surface area contributed by atoms with Crippen LogP contribution in [0.3, 0.4) is 0 Å². The largest absolute Gasteiger partial charge is 0.345 e. The molecule has 1 aromatic carbocycles. The summed E-state index contributed by atoms with van der Waals surface area (Å²) in [6, 6.07) is 9.08. The maximum atomic E-state index is 12.3. The molecule has 0 bridgehead atoms. The van der Waals surface area contributed by atoms with E-state index in [9.17, 15) is 9.59 Å². The quantitative estimate of drug-likeness (QED) is 0.820. The number of carbonyl (C=O) groups is 2. The Balaban J connectivity index is 2.20. The Morgan fingerprint density at radius 2 is 2.05 bits per heavy atom. The number of hydrogen-bond acceptors (Lipinski definition) is 3. The lowest BCUT2D eigenvalue weighted by molar-refractivity contribution is -0.148. The maximum Gasteiger partial charge on any atom is 0.247 e. The highest BCUT2D eigenvalue weighted by molar-refractivity contribution is 7.99. The molecule has 2 atom stereocenters. The molecule has 2 amide bonds. The number of benzene rings is 1. The summed E-state index contributed by atoms with van der Waals surface area (Å²) >= 11 is 1.86. The van der Waals surface area contributed by atoms with Crippen LogP contribution < -0.4 is 5.32 Å². The van der Waals surface area contributed by atoms with Crippen LogP contribution in [-0.4, -0.2) is 40.8 Å². The van der Waals surface area contributed by atoms with Gasteiger partial charge in [0.05, 0.1) is 6.54 Å². The van der Waals surface area contributed by atoms with Gasteiger partial charge in [0, 0.05) is 6.04 Å². The van der Waals surface area contributed by atoms with E-state index in [0.717, 1.165) is 23.5 Å². The van der Waals surface area contributed by atoms with Crippen LogP contribution in [0.4, 0.5) is 0 Å². The Hall–Kier alpha value is -1.49. The average molecular weight is 306 g/mol. The minimum Gasteiger partial charge on any atom is -0.345 e. The zero-order valence-electron chi connectivity index (χ0n) is 12.5. The van der Waals surface area contributed by atoms with Crippen LogP contribution in [-0.2, 0) is 9.59 Å². The van der Waals surface area contributed by atoms with Crippen LogP contribution in [0.2, 0.25) is 0 Å². The van der Waals surface area contributed by atoms with Crippen molar-refractivity contribution in [2.45, 2.75) is 32.4 Å². The first kappa shape index (κ1) is 15.9. The normalized spacial score (nSPS) is 20.3. The Morgan fingerprint density at radius 1 is 1.33 bits per heavy atom. The second-order valence-electron chi connectivity index (χ2n) is 5.17. The number of carbonyl (C=O) groups excluding carboxylic acids is 2. The Labute approximate surface area is 130 Å². The number of hydrogen-bond donors (Lipinski definition) is 1. The van der Waals surface area contributed by atoms with Gasteiger partial charge in [-0.25, -0.2) is 0 Å². The summed E-state index contributed by atoms with van der Waals surface area (Å²) in [5, 5.41) is 2.70. The maximum absolute atomic E-state index is 12.3. The standard InChI is InChI=1S/C16H22N2O2S/c1-3-21-10-9-12(2)18-14(19)11-17-16(20)15(18)13-7-5-4-6-8-13/h4-8,12,15H,3,9-11H2,1-2H3,(H,17,20). The fraction of sp³-hybridized carbons (Fsp3) is 0.500. The van der Waals surface area contributed by atoms with Gasteiger partial charge in [-0.15, -0.1) is 0 Å². The Kier molecular flexibility index (Phi) is 5.67. The van der Waals surface area contributed by atoms with E-state index in [0.29, 0.717) is 0 Å². The molecule has 114 valence electrons. The summed E-state index contributed by atoms with van der Waals surface area (Å²) in [7, 11) is 0. The fourth-order valence-corrected chi connectivity index (χ4v) is 3.40. The molecule has 4 nitrogen and oxygen atoms in total. The molecule has 5 heteroatoms. The van der Waals surface area contributed by atoms with Gasteiger partial charge in [0.1, 0.15) is 6.04 Å². The molecule has 0 aliphatic carbocycles. The highest BCUT2D eigenvalue weighted by Crippen LogP contribution is 2.27. The third-order valence-corrected chi connectivity index (χ3v) is 4.64. The van der Waals surface area contributed by atoms with Crippen molar-refractivity contribution < 1.29 is 9.59 Å². The molecule has 0 saturated carbocycles. The van der Waals surface area contributed by atoms with Crippen LogP contribution in [0.25, 0.3) is 0 Å². The van der Waals surface area contributed by atoms with Crippen molar-refractivity contribution in [3.8, 4) is 0 Å². The molecule has 1 N–H and O–H groups in total. The van der Waals surface area contributed by atoms with E-state index in [1.807, 2.05) is 49.0 Å². The minimum atomic E-state index is -0.505. The molecule has 2 rings (SSSR count). The van der Waals surface area contributed by atoms with E-state index in [4.69, 9.17) is 0 Å². The molecular formula is C16H22N2O2S. The van der Waals surface area contributed by atoms with Gasteiger partial charge in [0.2, 0.25) is 11.8 Å². The van der Waals surface area contributed by atoms with Crippen molar-refractivity contribution in [2.24, 2.45) is 0 Å². The van der Waals surface area contributed by atoms with Crippen LogP contribution in [0.1, 0.15) is 31.9 Å². The van der Waals surface area contributed by atoms with Crippen molar-refractivity contribution in [3.05, 3.63) is 35.9 Å². The van der Waals surface area contributed by atoms with Crippen molar-refractivity contribution in [1.29, 1.82) is 0 Å². The molecule has 0 radical (unpaired) electrons. The topological polar surface area (TPSA) is 49.4 Å². The molecule has 1 heterocycles. The summed E-state index contributed by atoms with van der Waals surface area (Å²) in [6.07, 6.45) is 0.904. The van der Waals surface area contributed by atoms with Crippen molar-refractivity contribution in [3.63, 3.8) is 0 Å². The van der Waals surface area contributed by atoms with Crippen molar-refractivity contribution in [2.75, 3.05) is 18.1 Å². The van der Waals surface area contributed by atoms with E-state index in [2.05, 4.69) is 12.2 Å². The lowest BCUT2D eigenvalue weighted by Crippen LogP contribution is -2.56. The van der Waals surface area contributed by atoms with Gasteiger partial charge in [0.15, 0.2) is 0 Å². The van der Waals surface area contributed by atoms with Gasteiger partial charge < -0.3 is 10.2 Å². The molecule has 2 unspecified atom stereocenters. The van der Waals surface area contributed by atoms with E-state index in [-0.39, 0.29) is 24.4 Å². The molecule has 1 fully saturated rings. The number of piperazine rings is 1. The Bertz CT molecular complexity index is 492. The van der Waals surface area contributed by atoms with Gasteiger partial charge in [-0.1, -0.05) is 37.3 Å². The molecular weight excluding hydrogens is 284 g/mol. The van der Waals surface area contributed by atoms with Crippen molar-refractivity contribution in [1.82, 2.24) is 10.2 Å². The van der Waals surface area contributed by atoms with Gasteiger partial charge in [-0.2, -0.15) is 11.8 Å². The summed E-state index contributed by atoms with van der Waals surface area (Å²) in [5.41, 5.74) is 0.873. The monoisotopic (exact) mass is 306 g/mol.